The van der Waals surface area contributed by atoms with Crippen LogP contribution >= 0.6 is 0 Å². The van der Waals surface area contributed by atoms with Gasteiger partial charge in [0.25, 0.3) is 10.2 Å². The molecule has 1 rings (SSSR count). The molecule has 0 saturated heterocycles. The standard InChI is InChI=1S/C13H27N5O2S/c1-12(2)14-7-6-9-17(4)21(19,20)18(5)11-13-15-8-10-16(13)3/h8,10,12,14H,6-7,9,11H2,1-5H3. The molecule has 1 aromatic rings. The molecular weight excluding hydrogens is 290 g/mol. The number of aromatic nitrogens is 2. The summed E-state index contributed by atoms with van der Waals surface area (Å²) in [7, 11) is 1.59. The lowest BCUT2D eigenvalue weighted by molar-refractivity contribution is 0.376. The van der Waals surface area contributed by atoms with Crippen molar-refractivity contribution in [1.29, 1.82) is 0 Å². The van der Waals surface area contributed by atoms with E-state index >= 15 is 0 Å². The quantitative estimate of drug-likeness (QED) is 0.670. The molecule has 122 valence electrons. The summed E-state index contributed by atoms with van der Waals surface area (Å²) < 4.78 is 29.3. The first-order chi connectivity index (χ1) is 9.75. The molecule has 0 fully saturated rings. The zero-order valence-electron chi connectivity index (χ0n) is 13.6. The van der Waals surface area contributed by atoms with E-state index in [2.05, 4.69) is 24.1 Å². The zero-order chi connectivity index (χ0) is 16.0. The van der Waals surface area contributed by atoms with E-state index in [9.17, 15) is 8.42 Å². The van der Waals surface area contributed by atoms with Crippen LogP contribution in [0.25, 0.3) is 0 Å². The highest BCUT2D eigenvalue weighted by molar-refractivity contribution is 7.86. The molecule has 8 heteroatoms. The summed E-state index contributed by atoms with van der Waals surface area (Å²) in [5.41, 5.74) is 0. The molecule has 0 amide bonds. The average molecular weight is 317 g/mol. The van der Waals surface area contributed by atoms with Gasteiger partial charge in [-0.3, -0.25) is 0 Å². The SMILES string of the molecule is CC(C)NCCCN(C)S(=O)(=O)N(C)Cc1nccn1C. The Balaban J connectivity index is 2.52. The van der Waals surface area contributed by atoms with Crippen LogP contribution in [0.1, 0.15) is 26.1 Å². The van der Waals surface area contributed by atoms with Crippen molar-refractivity contribution in [1.82, 2.24) is 23.5 Å². The largest absolute Gasteiger partial charge is 0.337 e. The number of nitrogens with one attached hydrogen (secondary N) is 1. The first-order valence-corrected chi connectivity index (χ1v) is 8.52. The van der Waals surface area contributed by atoms with Crippen LogP contribution in [-0.2, 0) is 23.8 Å². The van der Waals surface area contributed by atoms with Crippen molar-refractivity contribution in [3.63, 3.8) is 0 Å². The van der Waals surface area contributed by atoms with E-state index in [1.54, 1.807) is 26.5 Å². The molecule has 1 aromatic heterocycles. The van der Waals surface area contributed by atoms with Crippen molar-refractivity contribution in [2.45, 2.75) is 32.9 Å². The van der Waals surface area contributed by atoms with Gasteiger partial charge in [0.1, 0.15) is 5.82 Å². The summed E-state index contributed by atoms with van der Waals surface area (Å²) in [6, 6.07) is 0.415. The Labute approximate surface area is 128 Å². The molecule has 21 heavy (non-hydrogen) atoms. The van der Waals surface area contributed by atoms with Gasteiger partial charge in [0.05, 0.1) is 6.54 Å². The number of hydrogen-bond donors (Lipinski definition) is 1. The molecule has 1 heterocycles. The summed E-state index contributed by atoms with van der Waals surface area (Å²) in [5.74, 6) is 0.718. The fourth-order valence-electron chi connectivity index (χ4n) is 1.88. The van der Waals surface area contributed by atoms with Gasteiger partial charge in [-0.15, -0.1) is 0 Å². The van der Waals surface area contributed by atoms with Crippen LogP contribution < -0.4 is 5.32 Å². The molecule has 0 aliphatic heterocycles. The minimum atomic E-state index is -3.45. The van der Waals surface area contributed by atoms with Gasteiger partial charge in [-0.1, -0.05) is 13.8 Å². The highest BCUT2D eigenvalue weighted by Gasteiger charge is 2.24. The summed E-state index contributed by atoms with van der Waals surface area (Å²) in [5, 5.41) is 3.28. The lowest BCUT2D eigenvalue weighted by Gasteiger charge is -2.24. The van der Waals surface area contributed by atoms with Gasteiger partial charge in [0.2, 0.25) is 0 Å². The molecule has 0 spiro atoms. The molecule has 0 unspecified atom stereocenters. The number of nitrogens with zero attached hydrogens (tertiary/aromatic N) is 4. The molecule has 0 atom stereocenters. The Morgan fingerprint density at radius 3 is 2.52 bits per heavy atom. The summed E-state index contributed by atoms with van der Waals surface area (Å²) in [6.45, 7) is 5.70. The smallest absolute Gasteiger partial charge is 0.281 e. The van der Waals surface area contributed by atoms with E-state index in [4.69, 9.17) is 0 Å². The Bertz CT molecular complexity index is 526. The Morgan fingerprint density at radius 1 is 1.33 bits per heavy atom. The lowest BCUT2D eigenvalue weighted by Crippen LogP contribution is -2.40. The highest BCUT2D eigenvalue weighted by Crippen LogP contribution is 2.09. The van der Waals surface area contributed by atoms with E-state index in [0.29, 0.717) is 12.6 Å². The van der Waals surface area contributed by atoms with Gasteiger partial charge in [-0.05, 0) is 13.0 Å². The maximum absolute atomic E-state index is 12.4. The van der Waals surface area contributed by atoms with Crippen LogP contribution in [0.3, 0.4) is 0 Å². The first kappa shape index (κ1) is 18.1. The lowest BCUT2D eigenvalue weighted by atomic mass is 10.3. The van der Waals surface area contributed by atoms with Crippen molar-refractivity contribution in [3.05, 3.63) is 18.2 Å². The van der Waals surface area contributed by atoms with Crippen LogP contribution in [0.5, 0.6) is 0 Å². The minimum absolute atomic E-state index is 0.264. The summed E-state index contributed by atoms with van der Waals surface area (Å²) in [4.78, 5) is 4.15. The van der Waals surface area contributed by atoms with Gasteiger partial charge in [-0.2, -0.15) is 17.0 Å². The highest BCUT2D eigenvalue weighted by atomic mass is 32.2. The predicted octanol–water partition coefficient (Wildman–Crippen LogP) is 0.417. The van der Waals surface area contributed by atoms with E-state index in [0.717, 1.165) is 18.8 Å². The third-order valence-electron chi connectivity index (χ3n) is 3.28. The Hall–Kier alpha value is -0.960. The van der Waals surface area contributed by atoms with Crippen LogP contribution in [0.4, 0.5) is 0 Å². The van der Waals surface area contributed by atoms with Crippen molar-refractivity contribution in [3.8, 4) is 0 Å². The average Bonchev–Trinajstić information content (AvgIpc) is 2.79. The van der Waals surface area contributed by atoms with Gasteiger partial charge in [0, 0.05) is 46.1 Å². The molecule has 0 saturated carbocycles. The van der Waals surface area contributed by atoms with E-state index < -0.39 is 10.2 Å². The van der Waals surface area contributed by atoms with E-state index in [1.807, 2.05) is 11.6 Å². The molecule has 0 bridgehead atoms. The molecule has 1 N–H and O–H groups in total. The van der Waals surface area contributed by atoms with E-state index in [1.165, 1.54) is 8.61 Å². The number of hydrogen-bond acceptors (Lipinski definition) is 4. The predicted molar refractivity (Wildman–Crippen MR) is 84.0 cm³/mol. The van der Waals surface area contributed by atoms with Crippen LogP contribution in [0.15, 0.2) is 12.4 Å². The second kappa shape index (κ2) is 7.88. The van der Waals surface area contributed by atoms with Gasteiger partial charge in [0.15, 0.2) is 0 Å². The molecule has 0 aromatic carbocycles. The molecule has 0 aliphatic rings. The second-order valence-corrected chi connectivity index (χ2v) is 7.64. The van der Waals surface area contributed by atoms with Crippen LogP contribution in [0.2, 0.25) is 0 Å². The fourth-order valence-corrected chi connectivity index (χ4v) is 2.99. The molecular formula is C13H27N5O2S. The van der Waals surface area contributed by atoms with Gasteiger partial charge < -0.3 is 9.88 Å². The van der Waals surface area contributed by atoms with Crippen LogP contribution in [0, 0.1) is 0 Å². The van der Waals surface area contributed by atoms with Crippen molar-refractivity contribution in [2.75, 3.05) is 27.2 Å². The van der Waals surface area contributed by atoms with Crippen molar-refractivity contribution in [2.24, 2.45) is 7.05 Å². The molecule has 0 radical (unpaired) electrons. The van der Waals surface area contributed by atoms with Gasteiger partial charge >= 0.3 is 0 Å². The van der Waals surface area contributed by atoms with Gasteiger partial charge in [-0.25, -0.2) is 4.98 Å². The Kier molecular flexibility index (Phi) is 6.79. The number of rotatable bonds is 9. The molecule has 7 nitrogen and oxygen atoms in total. The minimum Gasteiger partial charge on any atom is -0.337 e. The zero-order valence-corrected chi connectivity index (χ0v) is 14.4. The second-order valence-electron chi connectivity index (χ2n) is 5.50. The maximum Gasteiger partial charge on any atom is 0.281 e. The number of imidazole rings is 1. The van der Waals surface area contributed by atoms with Crippen LogP contribution in [-0.4, -0.2) is 59.8 Å². The Morgan fingerprint density at radius 2 is 2.00 bits per heavy atom. The normalized spacial score (nSPS) is 12.8. The summed E-state index contributed by atoms with van der Waals surface area (Å²) >= 11 is 0. The first-order valence-electron chi connectivity index (χ1n) is 7.12. The van der Waals surface area contributed by atoms with Crippen molar-refractivity contribution < 1.29 is 8.42 Å². The summed E-state index contributed by atoms with van der Waals surface area (Å²) in [6.07, 6.45) is 4.25. The topological polar surface area (TPSA) is 70.5 Å². The maximum atomic E-state index is 12.4. The fraction of sp³-hybridized carbons (Fsp3) is 0.769. The number of aryl methyl sites for hydroxylation is 1. The van der Waals surface area contributed by atoms with E-state index in [-0.39, 0.29) is 6.54 Å². The molecule has 0 aliphatic carbocycles. The third kappa shape index (κ3) is 5.39. The van der Waals surface area contributed by atoms with Crippen molar-refractivity contribution >= 4 is 10.2 Å². The monoisotopic (exact) mass is 317 g/mol. The third-order valence-corrected chi connectivity index (χ3v) is 5.16.